The molecule has 0 bridgehead atoms. The number of nitrogens with zero attached hydrogens (tertiary/aromatic N) is 3. The van der Waals surface area contributed by atoms with Crippen molar-refractivity contribution in [2.24, 2.45) is 11.7 Å². The van der Waals surface area contributed by atoms with Crippen molar-refractivity contribution < 1.29 is 14.3 Å². The number of ether oxygens (including phenoxy) is 1. The van der Waals surface area contributed by atoms with Gasteiger partial charge in [0.05, 0.1) is 18.8 Å². The molecule has 2 fully saturated rings. The number of amides is 2. The first-order valence-electron chi connectivity index (χ1n) is 8.02. The zero-order valence-corrected chi connectivity index (χ0v) is 13.1. The molecule has 0 unspecified atom stereocenters. The number of aromatic nitrogens is 1. The lowest BCUT2D eigenvalue weighted by Gasteiger charge is -2.36. The van der Waals surface area contributed by atoms with E-state index in [1.54, 1.807) is 6.07 Å². The van der Waals surface area contributed by atoms with Crippen LogP contribution in [-0.2, 0) is 9.53 Å². The Morgan fingerprint density at radius 1 is 1.13 bits per heavy atom. The summed E-state index contributed by atoms with van der Waals surface area (Å²) in [5.74, 6) is 0.699. The Balaban J connectivity index is 1.55. The first-order valence-corrected chi connectivity index (χ1v) is 8.02. The maximum Gasteiger partial charge on any atom is 0.250 e. The zero-order chi connectivity index (χ0) is 16.2. The van der Waals surface area contributed by atoms with Gasteiger partial charge in [0.2, 0.25) is 11.8 Å². The third kappa shape index (κ3) is 3.61. The summed E-state index contributed by atoms with van der Waals surface area (Å²) in [6.07, 6.45) is 3.16. The van der Waals surface area contributed by atoms with E-state index >= 15 is 0 Å². The molecule has 1 aromatic rings. The highest BCUT2D eigenvalue weighted by molar-refractivity contribution is 5.92. The van der Waals surface area contributed by atoms with Gasteiger partial charge < -0.3 is 20.3 Å². The fourth-order valence-corrected chi connectivity index (χ4v) is 3.12. The maximum atomic E-state index is 12.5. The Morgan fingerprint density at radius 3 is 2.39 bits per heavy atom. The van der Waals surface area contributed by atoms with Crippen molar-refractivity contribution in [1.29, 1.82) is 0 Å². The van der Waals surface area contributed by atoms with Crippen LogP contribution in [0.5, 0.6) is 0 Å². The molecule has 1 aromatic heterocycles. The van der Waals surface area contributed by atoms with Gasteiger partial charge in [0, 0.05) is 38.3 Å². The largest absolute Gasteiger partial charge is 0.378 e. The molecule has 0 spiro atoms. The van der Waals surface area contributed by atoms with Gasteiger partial charge in [-0.1, -0.05) is 0 Å². The van der Waals surface area contributed by atoms with Gasteiger partial charge in [-0.3, -0.25) is 9.59 Å². The van der Waals surface area contributed by atoms with Gasteiger partial charge in [0.1, 0.15) is 5.82 Å². The van der Waals surface area contributed by atoms with Crippen molar-refractivity contribution in [1.82, 2.24) is 9.88 Å². The van der Waals surface area contributed by atoms with Gasteiger partial charge in [-0.05, 0) is 25.0 Å². The average molecular weight is 318 g/mol. The van der Waals surface area contributed by atoms with Crippen molar-refractivity contribution in [3.8, 4) is 0 Å². The third-order valence-corrected chi connectivity index (χ3v) is 4.52. The number of nitrogens with two attached hydrogens (primary N) is 1. The molecule has 0 aromatic carbocycles. The van der Waals surface area contributed by atoms with Crippen molar-refractivity contribution in [3.05, 3.63) is 23.9 Å². The second kappa shape index (κ2) is 6.95. The van der Waals surface area contributed by atoms with Gasteiger partial charge in [0.25, 0.3) is 0 Å². The summed E-state index contributed by atoms with van der Waals surface area (Å²) in [5.41, 5.74) is 5.63. The fourth-order valence-electron chi connectivity index (χ4n) is 3.12. The standard InChI is InChI=1S/C16H22N4O3/c17-15(21)13-1-2-14(18-11-13)19-5-3-12(4-6-19)16(22)20-7-9-23-10-8-20/h1-2,11-12H,3-10H2,(H2,17,21). The number of carbonyl (C=O) groups is 2. The second-order valence-electron chi connectivity index (χ2n) is 5.97. The molecule has 0 radical (unpaired) electrons. The lowest BCUT2D eigenvalue weighted by Crippen LogP contribution is -2.46. The average Bonchev–Trinajstić information content (AvgIpc) is 2.62. The molecule has 7 nitrogen and oxygen atoms in total. The van der Waals surface area contributed by atoms with Crippen LogP contribution in [0.3, 0.4) is 0 Å². The van der Waals surface area contributed by atoms with E-state index in [2.05, 4.69) is 9.88 Å². The molecule has 2 saturated heterocycles. The molecular weight excluding hydrogens is 296 g/mol. The summed E-state index contributed by atoms with van der Waals surface area (Å²) < 4.78 is 5.30. The van der Waals surface area contributed by atoms with Crippen molar-refractivity contribution >= 4 is 17.6 Å². The minimum Gasteiger partial charge on any atom is -0.378 e. The van der Waals surface area contributed by atoms with Gasteiger partial charge in [-0.15, -0.1) is 0 Å². The molecule has 0 aliphatic carbocycles. The van der Waals surface area contributed by atoms with Crippen LogP contribution in [0.2, 0.25) is 0 Å². The van der Waals surface area contributed by atoms with Crippen molar-refractivity contribution in [3.63, 3.8) is 0 Å². The van der Waals surface area contributed by atoms with Crippen LogP contribution in [0.4, 0.5) is 5.82 Å². The summed E-state index contributed by atoms with van der Waals surface area (Å²) in [4.78, 5) is 31.9. The number of carbonyl (C=O) groups excluding carboxylic acids is 2. The number of anilines is 1. The monoisotopic (exact) mass is 318 g/mol. The molecule has 2 aliphatic heterocycles. The highest BCUT2D eigenvalue weighted by Gasteiger charge is 2.29. The smallest absolute Gasteiger partial charge is 0.250 e. The molecule has 2 aliphatic rings. The van der Waals surface area contributed by atoms with Crippen molar-refractivity contribution in [2.75, 3.05) is 44.3 Å². The summed E-state index contributed by atoms with van der Waals surface area (Å²) >= 11 is 0. The van der Waals surface area contributed by atoms with E-state index in [4.69, 9.17) is 10.5 Å². The van der Waals surface area contributed by atoms with E-state index in [0.717, 1.165) is 31.7 Å². The number of hydrogen-bond acceptors (Lipinski definition) is 5. The van der Waals surface area contributed by atoms with Gasteiger partial charge in [-0.2, -0.15) is 0 Å². The molecular formula is C16H22N4O3. The quantitative estimate of drug-likeness (QED) is 0.863. The lowest BCUT2D eigenvalue weighted by atomic mass is 9.95. The number of primary amides is 1. The molecule has 23 heavy (non-hydrogen) atoms. The Hall–Kier alpha value is -2.15. The van der Waals surface area contributed by atoms with E-state index in [1.807, 2.05) is 11.0 Å². The molecule has 2 N–H and O–H groups in total. The SMILES string of the molecule is NC(=O)c1ccc(N2CCC(C(=O)N3CCOCC3)CC2)nc1. The molecule has 3 heterocycles. The van der Waals surface area contributed by atoms with Crippen LogP contribution < -0.4 is 10.6 Å². The topological polar surface area (TPSA) is 88.8 Å². The second-order valence-corrected chi connectivity index (χ2v) is 5.97. The minimum atomic E-state index is -0.473. The summed E-state index contributed by atoms with van der Waals surface area (Å²) in [7, 11) is 0. The van der Waals surface area contributed by atoms with Crippen LogP contribution >= 0.6 is 0 Å². The number of morpholine rings is 1. The highest BCUT2D eigenvalue weighted by Crippen LogP contribution is 2.23. The maximum absolute atomic E-state index is 12.5. The number of hydrogen-bond donors (Lipinski definition) is 1. The van der Waals surface area contributed by atoms with Gasteiger partial charge in [-0.25, -0.2) is 4.98 Å². The first-order chi connectivity index (χ1) is 11.1. The van der Waals surface area contributed by atoms with Crippen LogP contribution in [0.25, 0.3) is 0 Å². The molecule has 124 valence electrons. The van der Waals surface area contributed by atoms with Crippen LogP contribution in [0.15, 0.2) is 18.3 Å². The Kier molecular flexibility index (Phi) is 4.76. The Morgan fingerprint density at radius 2 is 1.83 bits per heavy atom. The predicted molar refractivity (Wildman–Crippen MR) is 85.1 cm³/mol. The van der Waals surface area contributed by atoms with Crippen molar-refractivity contribution in [2.45, 2.75) is 12.8 Å². The molecule has 0 saturated carbocycles. The van der Waals surface area contributed by atoms with E-state index in [0.29, 0.717) is 31.9 Å². The first kappa shape index (κ1) is 15.7. The van der Waals surface area contributed by atoms with Crippen LogP contribution in [0, 0.1) is 5.92 Å². The van der Waals surface area contributed by atoms with Crippen LogP contribution in [0.1, 0.15) is 23.2 Å². The molecule has 2 amide bonds. The molecule has 3 rings (SSSR count). The summed E-state index contributed by atoms with van der Waals surface area (Å²) in [6, 6.07) is 3.50. The van der Waals surface area contributed by atoms with E-state index < -0.39 is 5.91 Å². The lowest BCUT2D eigenvalue weighted by molar-refractivity contribution is -0.140. The minimum absolute atomic E-state index is 0.0919. The summed E-state index contributed by atoms with van der Waals surface area (Å²) in [6.45, 7) is 4.28. The third-order valence-electron chi connectivity index (χ3n) is 4.52. The fraction of sp³-hybridized carbons (Fsp3) is 0.562. The summed E-state index contributed by atoms with van der Waals surface area (Å²) in [5, 5.41) is 0. The zero-order valence-electron chi connectivity index (χ0n) is 13.1. The number of rotatable bonds is 3. The van der Waals surface area contributed by atoms with E-state index in [1.165, 1.54) is 6.20 Å². The predicted octanol–water partition coefficient (Wildman–Crippen LogP) is 0.256. The van der Waals surface area contributed by atoms with Gasteiger partial charge >= 0.3 is 0 Å². The molecule has 0 atom stereocenters. The number of piperidine rings is 1. The Labute approximate surface area is 135 Å². The number of pyridine rings is 1. The van der Waals surface area contributed by atoms with E-state index in [9.17, 15) is 9.59 Å². The van der Waals surface area contributed by atoms with Crippen LogP contribution in [-0.4, -0.2) is 61.1 Å². The normalized spacial score (nSPS) is 19.7. The van der Waals surface area contributed by atoms with Gasteiger partial charge in [0.15, 0.2) is 0 Å². The Bertz CT molecular complexity index is 561. The van der Waals surface area contributed by atoms with E-state index in [-0.39, 0.29) is 11.8 Å². The highest BCUT2D eigenvalue weighted by atomic mass is 16.5. The molecule has 7 heteroatoms.